The van der Waals surface area contributed by atoms with Crippen LogP contribution in [0.15, 0.2) is 18.2 Å². The Morgan fingerprint density at radius 3 is 2.57 bits per heavy atom. The maximum absolute atomic E-state index is 12.7. The van der Waals surface area contributed by atoms with Crippen molar-refractivity contribution in [3.8, 4) is 0 Å². The molecule has 2 rings (SSSR count). The van der Waals surface area contributed by atoms with Gasteiger partial charge in [0.25, 0.3) is 0 Å². The molecule has 0 aliphatic carbocycles. The Kier molecular flexibility index (Phi) is 4.17. The average molecular weight is 236 g/mol. The van der Waals surface area contributed by atoms with E-state index in [0.717, 1.165) is 25.2 Å². The largest absolute Gasteiger partial charge is 0.299 e. The van der Waals surface area contributed by atoms with Gasteiger partial charge < -0.3 is 0 Å². The van der Waals surface area contributed by atoms with Gasteiger partial charge in [0.2, 0.25) is 0 Å². The molecule has 1 aromatic rings. The van der Waals surface area contributed by atoms with Crippen LogP contribution in [0, 0.1) is 5.82 Å². The Hall–Kier alpha value is -0.310. The van der Waals surface area contributed by atoms with Gasteiger partial charge in [0, 0.05) is 11.6 Å². The second-order valence-electron chi connectivity index (χ2n) is 3.37. The van der Waals surface area contributed by atoms with Gasteiger partial charge in [-0.2, -0.15) is 0 Å². The lowest BCUT2D eigenvalue weighted by atomic mass is 10.1. The van der Waals surface area contributed by atoms with Crippen molar-refractivity contribution in [2.24, 2.45) is 0 Å². The van der Waals surface area contributed by atoms with Gasteiger partial charge in [-0.25, -0.2) is 4.39 Å². The average Bonchev–Trinajstić information content (AvgIpc) is 1.99. The minimum atomic E-state index is -0.266. The van der Waals surface area contributed by atoms with Gasteiger partial charge in [-0.15, -0.1) is 12.4 Å². The monoisotopic (exact) mass is 235 g/mol. The third-order valence-corrected chi connectivity index (χ3v) is 2.71. The summed E-state index contributed by atoms with van der Waals surface area (Å²) < 4.78 is 12.7. The first kappa shape index (κ1) is 11.8. The highest BCUT2D eigenvalue weighted by molar-refractivity contribution is 6.31. The van der Waals surface area contributed by atoms with Crippen LogP contribution in [-0.2, 0) is 6.54 Å². The summed E-state index contributed by atoms with van der Waals surface area (Å²) in [6, 6.07) is 4.59. The molecule has 1 aliphatic rings. The van der Waals surface area contributed by atoms with Gasteiger partial charge in [-0.1, -0.05) is 17.7 Å². The molecule has 14 heavy (non-hydrogen) atoms. The van der Waals surface area contributed by atoms with E-state index < -0.39 is 0 Å². The van der Waals surface area contributed by atoms with E-state index in [1.807, 2.05) is 0 Å². The van der Waals surface area contributed by atoms with Gasteiger partial charge >= 0.3 is 0 Å². The van der Waals surface area contributed by atoms with Crippen molar-refractivity contribution < 1.29 is 4.39 Å². The summed E-state index contributed by atoms with van der Waals surface area (Å²) in [6.07, 6.45) is 1.26. The van der Waals surface area contributed by atoms with E-state index >= 15 is 0 Å². The van der Waals surface area contributed by atoms with Crippen LogP contribution < -0.4 is 0 Å². The first-order valence-electron chi connectivity index (χ1n) is 4.42. The fourth-order valence-corrected chi connectivity index (χ4v) is 1.66. The molecule has 0 aromatic heterocycles. The molecule has 4 heteroatoms. The first-order valence-corrected chi connectivity index (χ1v) is 4.80. The van der Waals surface area contributed by atoms with Gasteiger partial charge in [-0.05, 0) is 37.2 Å². The number of hydrogen-bond donors (Lipinski definition) is 0. The Labute approximate surface area is 94.3 Å². The molecular formula is C10H12Cl2FN. The SMILES string of the molecule is Cl.Fc1ccc(CN2CCC2)c(Cl)c1. The topological polar surface area (TPSA) is 3.24 Å². The molecular weight excluding hydrogens is 224 g/mol. The summed E-state index contributed by atoms with van der Waals surface area (Å²) >= 11 is 5.89. The number of benzene rings is 1. The van der Waals surface area contributed by atoms with Crippen LogP contribution >= 0.6 is 24.0 Å². The van der Waals surface area contributed by atoms with E-state index in [9.17, 15) is 4.39 Å². The van der Waals surface area contributed by atoms with E-state index in [0.29, 0.717) is 5.02 Å². The zero-order chi connectivity index (χ0) is 9.26. The van der Waals surface area contributed by atoms with Crippen molar-refractivity contribution in [2.75, 3.05) is 13.1 Å². The van der Waals surface area contributed by atoms with Crippen molar-refractivity contribution in [3.05, 3.63) is 34.6 Å². The summed E-state index contributed by atoms with van der Waals surface area (Å²) in [4.78, 5) is 2.29. The Bertz CT molecular complexity index is 313. The predicted octanol–water partition coefficient (Wildman–Crippen LogP) is 3.11. The highest BCUT2D eigenvalue weighted by Crippen LogP contribution is 2.20. The van der Waals surface area contributed by atoms with E-state index in [4.69, 9.17) is 11.6 Å². The van der Waals surface area contributed by atoms with Gasteiger partial charge in [-0.3, -0.25) is 4.90 Å². The molecule has 1 saturated heterocycles. The lowest BCUT2D eigenvalue weighted by molar-refractivity contribution is 0.172. The Balaban J connectivity index is 0.000000980. The van der Waals surface area contributed by atoms with Crippen molar-refractivity contribution in [2.45, 2.75) is 13.0 Å². The number of likely N-dealkylation sites (tertiary alicyclic amines) is 1. The van der Waals surface area contributed by atoms with Crippen molar-refractivity contribution >= 4 is 24.0 Å². The lowest BCUT2D eigenvalue weighted by Crippen LogP contribution is -2.36. The summed E-state index contributed by atoms with van der Waals surface area (Å²) in [7, 11) is 0. The third-order valence-electron chi connectivity index (χ3n) is 2.36. The Morgan fingerprint density at radius 1 is 1.36 bits per heavy atom. The molecule has 0 atom stereocenters. The summed E-state index contributed by atoms with van der Waals surface area (Å²) in [5, 5.41) is 0.534. The van der Waals surface area contributed by atoms with Crippen molar-refractivity contribution in [3.63, 3.8) is 0 Å². The highest BCUT2D eigenvalue weighted by atomic mass is 35.5. The molecule has 0 N–H and O–H groups in total. The molecule has 1 aliphatic heterocycles. The van der Waals surface area contributed by atoms with E-state index in [1.165, 1.54) is 18.6 Å². The molecule has 0 bridgehead atoms. The molecule has 1 aromatic carbocycles. The van der Waals surface area contributed by atoms with E-state index in [-0.39, 0.29) is 18.2 Å². The van der Waals surface area contributed by atoms with Crippen LogP contribution in [-0.4, -0.2) is 18.0 Å². The third kappa shape index (κ3) is 2.59. The van der Waals surface area contributed by atoms with Crippen LogP contribution in [0.2, 0.25) is 5.02 Å². The minimum absolute atomic E-state index is 0. The molecule has 0 spiro atoms. The minimum Gasteiger partial charge on any atom is -0.299 e. The first-order chi connectivity index (χ1) is 6.25. The van der Waals surface area contributed by atoms with Crippen LogP contribution in [0.25, 0.3) is 0 Å². The van der Waals surface area contributed by atoms with E-state index in [1.54, 1.807) is 6.07 Å². The smallest absolute Gasteiger partial charge is 0.124 e. The number of rotatable bonds is 2. The maximum atomic E-state index is 12.7. The molecule has 0 saturated carbocycles. The molecule has 0 radical (unpaired) electrons. The fraction of sp³-hybridized carbons (Fsp3) is 0.400. The maximum Gasteiger partial charge on any atom is 0.124 e. The number of halogens is 3. The second-order valence-corrected chi connectivity index (χ2v) is 3.77. The van der Waals surface area contributed by atoms with Gasteiger partial charge in [0.05, 0.1) is 0 Å². The van der Waals surface area contributed by atoms with Gasteiger partial charge in [0.1, 0.15) is 5.82 Å². The fourth-order valence-electron chi connectivity index (χ4n) is 1.43. The summed E-state index contributed by atoms with van der Waals surface area (Å²) in [5.41, 5.74) is 1.02. The second kappa shape index (κ2) is 4.96. The molecule has 0 unspecified atom stereocenters. The molecule has 1 heterocycles. The zero-order valence-corrected chi connectivity index (χ0v) is 9.24. The van der Waals surface area contributed by atoms with Gasteiger partial charge in [0.15, 0.2) is 0 Å². The van der Waals surface area contributed by atoms with Crippen LogP contribution in [0.1, 0.15) is 12.0 Å². The van der Waals surface area contributed by atoms with Crippen molar-refractivity contribution in [1.29, 1.82) is 0 Å². The molecule has 1 nitrogen and oxygen atoms in total. The van der Waals surface area contributed by atoms with Crippen molar-refractivity contribution in [1.82, 2.24) is 4.90 Å². The molecule has 0 amide bonds. The van der Waals surface area contributed by atoms with Crippen LogP contribution in [0.5, 0.6) is 0 Å². The number of nitrogens with zero attached hydrogens (tertiary/aromatic N) is 1. The quantitative estimate of drug-likeness (QED) is 0.762. The molecule has 78 valence electrons. The van der Waals surface area contributed by atoms with Crippen LogP contribution in [0.4, 0.5) is 4.39 Å². The summed E-state index contributed by atoms with van der Waals surface area (Å²) in [5.74, 6) is -0.266. The normalized spacial score (nSPS) is 15.9. The predicted molar refractivity (Wildman–Crippen MR) is 58.6 cm³/mol. The lowest BCUT2D eigenvalue weighted by Gasteiger charge is -2.30. The summed E-state index contributed by atoms with van der Waals surface area (Å²) in [6.45, 7) is 3.11. The highest BCUT2D eigenvalue weighted by Gasteiger charge is 2.15. The molecule has 1 fully saturated rings. The Morgan fingerprint density at radius 2 is 2.07 bits per heavy atom. The standard InChI is InChI=1S/C10H11ClFN.ClH/c11-10-6-9(12)3-2-8(10)7-13-4-1-5-13;/h2-3,6H,1,4-5,7H2;1H. The number of hydrogen-bond acceptors (Lipinski definition) is 1. The van der Waals surface area contributed by atoms with E-state index in [2.05, 4.69) is 4.90 Å². The van der Waals surface area contributed by atoms with Crippen LogP contribution in [0.3, 0.4) is 0 Å². The zero-order valence-electron chi connectivity index (χ0n) is 7.67.